The van der Waals surface area contributed by atoms with Crippen LogP contribution in [0, 0.1) is 0 Å². The van der Waals surface area contributed by atoms with E-state index in [-0.39, 0.29) is 0 Å². The third-order valence-corrected chi connectivity index (χ3v) is 10.2. The average Bonchev–Trinajstić information content (AvgIpc) is 3.66. The molecule has 0 saturated heterocycles. The van der Waals surface area contributed by atoms with Gasteiger partial charge in [0.2, 0.25) is 5.95 Å². The van der Waals surface area contributed by atoms with E-state index in [1.54, 1.807) is 0 Å². The van der Waals surface area contributed by atoms with E-state index >= 15 is 0 Å². The Bertz CT molecular complexity index is 2740. The zero-order valence-electron chi connectivity index (χ0n) is 24.6. The zero-order valence-corrected chi connectivity index (χ0v) is 25.4. The van der Waals surface area contributed by atoms with E-state index in [0.717, 1.165) is 22.2 Å². The average molecular weight is 605 g/mol. The van der Waals surface area contributed by atoms with Gasteiger partial charge in [-0.3, -0.25) is 4.57 Å². The van der Waals surface area contributed by atoms with Crippen LogP contribution in [0.25, 0.3) is 92.2 Å². The van der Waals surface area contributed by atoms with Crippen LogP contribution in [-0.2, 0) is 0 Å². The molecule has 0 saturated carbocycles. The normalized spacial score (nSPS) is 11.9. The molecule has 0 unspecified atom stereocenters. The molecule has 4 nitrogen and oxygen atoms in total. The topological polar surface area (TPSA) is 43.6 Å². The summed E-state index contributed by atoms with van der Waals surface area (Å²) in [7, 11) is 0. The van der Waals surface area contributed by atoms with E-state index in [0.29, 0.717) is 17.6 Å². The molecule has 0 fully saturated rings. The molecule has 3 heterocycles. The number of nitrogens with zero attached hydrogens (tertiary/aromatic N) is 4. The Morgan fingerprint density at radius 2 is 1.07 bits per heavy atom. The molecule has 5 heteroatoms. The van der Waals surface area contributed by atoms with Crippen molar-refractivity contribution in [2.45, 2.75) is 0 Å². The lowest BCUT2D eigenvalue weighted by molar-refractivity contribution is 0.954. The van der Waals surface area contributed by atoms with Gasteiger partial charge >= 0.3 is 0 Å². The second-order valence-corrected chi connectivity index (χ2v) is 12.7. The number of hydrogen-bond acceptors (Lipinski definition) is 4. The second kappa shape index (κ2) is 9.80. The smallest absolute Gasteiger partial charge is 0.238 e. The lowest BCUT2D eigenvalue weighted by atomic mass is 10.0. The lowest BCUT2D eigenvalue weighted by Gasteiger charge is -2.11. The first kappa shape index (κ1) is 25.4. The standard InChI is InChI=1S/C41H24N4S/c1-3-12-26(13-4-1)39-42-40(27-14-5-2-6-15-27)44-41(43-39)45-33-21-22-35-37(31-20-19-25-11-9-10-18-30(25)38(31)46-35)36(33)32-23-28-16-7-8-17-29(28)24-34(32)45/h1-24H. The minimum Gasteiger partial charge on any atom is -0.278 e. The highest BCUT2D eigenvalue weighted by molar-refractivity contribution is 7.27. The van der Waals surface area contributed by atoms with E-state index in [2.05, 4.69) is 114 Å². The molecule has 0 amide bonds. The summed E-state index contributed by atoms with van der Waals surface area (Å²) >= 11 is 1.87. The Morgan fingerprint density at radius 3 is 1.78 bits per heavy atom. The molecular weight excluding hydrogens is 581 g/mol. The fourth-order valence-corrected chi connectivity index (χ4v) is 8.15. The highest BCUT2D eigenvalue weighted by Gasteiger charge is 2.22. The summed E-state index contributed by atoms with van der Waals surface area (Å²) in [5.74, 6) is 1.90. The maximum Gasteiger partial charge on any atom is 0.238 e. The summed E-state index contributed by atoms with van der Waals surface area (Å²) in [6.45, 7) is 0. The lowest BCUT2D eigenvalue weighted by Crippen LogP contribution is -2.06. The fourth-order valence-electron chi connectivity index (χ4n) is 6.90. The monoisotopic (exact) mass is 604 g/mol. The van der Waals surface area contributed by atoms with Gasteiger partial charge in [-0.25, -0.2) is 4.98 Å². The van der Waals surface area contributed by atoms with Crippen molar-refractivity contribution >= 4 is 74.9 Å². The molecule has 0 spiro atoms. The summed E-state index contributed by atoms with van der Waals surface area (Å²) in [6, 6.07) is 51.3. The van der Waals surface area contributed by atoms with Crippen molar-refractivity contribution in [1.82, 2.24) is 19.5 Å². The van der Waals surface area contributed by atoms with Crippen LogP contribution >= 0.6 is 11.3 Å². The Hall–Kier alpha value is -5.91. The predicted molar refractivity (Wildman–Crippen MR) is 193 cm³/mol. The van der Waals surface area contributed by atoms with E-state index in [4.69, 9.17) is 15.0 Å². The van der Waals surface area contributed by atoms with E-state index in [1.165, 1.54) is 52.5 Å². The Kier molecular flexibility index (Phi) is 5.41. The van der Waals surface area contributed by atoms with Crippen molar-refractivity contribution in [1.29, 1.82) is 0 Å². The van der Waals surface area contributed by atoms with Crippen LogP contribution in [0.15, 0.2) is 146 Å². The molecule has 10 aromatic rings. The first-order valence-corrected chi connectivity index (χ1v) is 16.2. The molecule has 0 N–H and O–H groups in total. The molecule has 7 aromatic carbocycles. The number of thiophene rings is 1. The Morgan fingerprint density at radius 1 is 0.435 bits per heavy atom. The number of aromatic nitrogens is 4. The number of benzene rings is 7. The quantitative estimate of drug-likeness (QED) is 0.201. The summed E-state index contributed by atoms with van der Waals surface area (Å²) < 4.78 is 4.83. The Labute approximate surface area is 267 Å². The van der Waals surface area contributed by atoms with Crippen molar-refractivity contribution in [3.8, 4) is 28.7 Å². The van der Waals surface area contributed by atoms with Gasteiger partial charge in [-0.15, -0.1) is 11.3 Å². The molecule has 0 bridgehead atoms. The molecule has 3 aromatic heterocycles. The van der Waals surface area contributed by atoms with E-state index in [9.17, 15) is 0 Å². The number of rotatable bonds is 3. The van der Waals surface area contributed by atoms with Crippen LogP contribution < -0.4 is 0 Å². The summed E-state index contributed by atoms with van der Waals surface area (Å²) in [4.78, 5) is 15.3. The molecule has 10 rings (SSSR count). The molecule has 0 aliphatic carbocycles. The zero-order chi connectivity index (χ0) is 30.2. The molecule has 0 radical (unpaired) electrons. The maximum atomic E-state index is 5.17. The van der Waals surface area contributed by atoms with E-state index in [1.807, 2.05) is 47.7 Å². The van der Waals surface area contributed by atoms with Crippen LogP contribution in [-0.4, -0.2) is 19.5 Å². The minimum atomic E-state index is 0.604. The van der Waals surface area contributed by atoms with Crippen LogP contribution in [0.1, 0.15) is 0 Å². The van der Waals surface area contributed by atoms with Crippen LogP contribution in [0.5, 0.6) is 0 Å². The summed E-state index contributed by atoms with van der Waals surface area (Å²) in [6.07, 6.45) is 0. The molecular formula is C41H24N4S. The van der Waals surface area contributed by atoms with Crippen LogP contribution in [0.2, 0.25) is 0 Å². The van der Waals surface area contributed by atoms with Gasteiger partial charge < -0.3 is 0 Å². The van der Waals surface area contributed by atoms with Crippen molar-refractivity contribution in [2.24, 2.45) is 0 Å². The van der Waals surface area contributed by atoms with Gasteiger partial charge in [0.1, 0.15) is 0 Å². The van der Waals surface area contributed by atoms with Gasteiger partial charge in [-0.05, 0) is 45.8 Å². The summed E-state index contributed by atoms with van der Waals surface area (Å²) in [5.41, 5.74) is 4.06. The molecule has 0 aliphatic heterocycles. The Balaban J connectivity index is 1.37. The predicted octanol–water partition coefficient (Wildman–Crippen LogP) is 11.0. The third-order valence-electron chi connectivity index (χ3n) is 9.01. The van der Waals surface area contributed by atoms with Crippen molar-refractivity contribution in [3.05, 3.63) is 146 Å². The third kappa shape index (κ3) is 3.76. The number of hydrogen-bond donors (Lipinski definition) is 0. The fraction of sp³-hybridized carbons (Fsp3) is 0. The highest BCUT2D eigenvalue weighted by Crippen LogP contribution is 2.45. The van der Waals surface area contributed by atoms with Crippen molar-refractivity contribution in [2.75, 3.05) is 0 Å². The first-order chi connectivity index (χ1) is 22.8. The van der Waals surface area contributed by atoms with Gasteiger partial charge in [0, 0.05) is 42.1 Å². The number of fused-ring (bicyclic) bond motifs is 10. The van der Waals surface area contributed by atoms with Crippen LogP contribution in [0.3, 0.4) is 0 Å². The maximum absolute atomic E-state index is 5.17. The van der Waals surface area contributed by atoms with Gasteiger partial charge in [0.15, 0.2) is 11.6 Å². The van der Waals surface area contributed by atoms with Gasteiger partial charge in [-0.1, -0.05) is 121 Å². The molecule has 0 aliphatic rings. The largest absolute Gasteiger partial charge is 0.278 e. The molecule has 0 atom stereocenters. The molecule has 214 valence electrons. The highest BCUT2D eigenvalue weighted by atomic mass is 32.1. The SMILES string of the molecule is c1ccc(-c2nc(-c3ccccc3)nc(-n3c4cc5ccccc5cc4c4c5c(ccc43)sc3c4ccccc4ccc35)n2)cc1. The summed E-state index contributed by atoms with van der Waals surface area (Å²) in [5, 5.41) is 9.92. The van der Waals surface area contributed by atoms with Gasteiger partial charge in [0.05, 0.1) is 11.0 Å². The van der Waals surface area contributed by atoms with Crippen molar-refractivity contribution < 1.29 is 0 Å². The molecule has 46 heavy (non-hydrogen) atoms. The first-order valence-electron chi connectivity index (χ1n) is 15.4. The van der Waals surface area contributed by atoms with Crippen molar-refractivity contribution in [3.63, 3.8) is 0 Å². The van der Waals surface area contributed by atoms with E-state index < -0.39 is 0 Å². The second-order valence-electron chi connectivity index (χ2n) is 11.7. The van der Waals surface area contributed by atoms with Gasteiger partial charge in [-0.2, -0.15) is 9.97 Å². The minimum absolute atomic E-state index is 0.604. The van der Waals surface area contributed by atoms with Gasteiger partial charge in [0.25, 0.3) is 0 Å². The van der Waals surface area contributed by atoms with Crippen LogP contribution in [0.4, 0.5) is 0 Å².